The molecular weight excluding hydrogens is 428 g/mol. The zero-order chi connectivity index (χ0) is 24.3. The van der Waals surface area contributed by atoms with Crippen molar-refractivity contribution < 1.29 is 19.1 Å². The Kier molecular flexibility index (Phi) is 9.09. The summed E-state index contributed by atoms with van der Waals surface area (Å²) >= 11 is 0. The Balaban J connectivity index is 1.77. The minimum Gasteiger partial charge on any atom is -0.485 e. The largest absolute Gasteiger partial charge is 0.485 e. The predicted molar refractivity (Wildman–Crippen MR) is 132 cm³/mol. The van der Waals surface area contributed by atoms with Crippen molar-refractivity contribution in [3.05, 3.63) is 95.6 Å². The standard InChI is InChI=1S/C28H32N2O4/c1-20(2)15-27(31)30-24(28(29)32)16-23-13-14-25(33-18-21-9-5-3-6-10-21)26(17-23)34-19-22-11-7-4-8-12-22/h3-14,17,20,24H,15-16,18-19H2,1-2H3,(H2,29,32)(H,30,31)/t24-/m0/s1. The van der Waals surface area contributed by atoms with E-state index in [-0.39, 0.29) is 18.2 Å². The lowest BCUT2D eigenvalue weighted by Gasteiger charge is -2.18. The molecule has 0 saturated carbocycles. The number of hydrogen-bond donors (Lipinski definition) is 2. The number of hydrogen-bond acceptors (Lipinski definition) is 4. The highest BCUT2D eigenvalue weighted by molar-refractivity contribution is 5.86. The smallest absolute Gasteiger partial charge is 0.240 e. The SMILES string of the molecule is CC(C)CC(=O)N[C@@H](Cc1ccc(OCc2ccccc2)c(OCc2ccccc2)c1)C(N)=O. The molecule has 0 bridgehead atoms. The minimum absolute atomic E-state index is 0.188. The second-order valence-electron chi connectivity index (χ2n) is 8.65. The summed E-state index contributed by atoms with van der Waals surface area (Å²) in [6.45, 7) is 4.67. The summed E-state index contributed by atoms with van der Waals surface area (Å²) in [7, 11) is 0. The van der Waals surface area contributed by atoms with Crippen LogP contribution in [0, 0.1) is 5.92 Å². The van der Waals surface area contributed by atoms with E-state index < -0.39 is 11.9 Å². The lowest BCUT2D eigenvalue weighted by molar-refractivity contribution is -0.127. The number of carbonyl (C=O) groups is 2. The number of ether oxygens (including phenoxy) is 2. The van der Waals surface area contributed by atoms with Crippen LogP contribution in [0.15, 0.2) is 78.9 Å². The maximum absolute atomic E-state index is 12.2. The Hall–Kier alpha value is -3.80. The number of amides is 2. The van der Waals surface area contributed by atoms with Crippen LogP contribution in [0.4, 0.5) is 0 Å². The van der Waals surface area contributed by atoms with Gasteiger partial charge >= 0.3 is 0 Å². The molecule has 0 spiro atoms. The summed E-state index contributed by atoms with van der Waals surface area (Å²) in [5.74, 6) is 0.583. The van der Waals surface area contributed by atoms with Gasteiger partial charge in [0.15, 0.2) is 11.5 Å². The minimum atomic E-state index is -0.802. The van der Waals surface area contributed by atoms with Crippen LogP contribution in [-0.4, -0.2) is 17.9 Å². The van der Waals surface area contributed by atoms with Gasteiger partial charge in [-0.2, -0.15) is 0 Å². The van der Waals surface area contributed by atoms with Crippen LogP contribution in [0.3, 0.4) is 0 Å². The van der Waals surface area contributed by atoms with Crippen LogP contribution in [0.25, 0.3) is 0 Å². The summed E-state index contributed by atoms with van der Waals surface area (Å²) in [5.41, 5.74) is 8.45. The van der Waals surface area contributed by atoms with Gasteiger partial charge in [-0.05, 0) is 34.7 Å². The van der Waals surface area contributed by atoms with Gasteiger partial charge in [0.1, 0.15) is 19.3 Å². The molecule has 1 atom stereocenters. The average molecular weight is 461 g/mol. The van der Waals surface area contributed by atoms with E-state index in [1.165, 1.54) is 0 Å². The van der Waals surface area contributed by atoms with Crippen molar-refractivity contribution in [2.24, 2.45) is 11.7 Å². The molecule has 0 unspecified atom stereocenters. The molecule has 0 fully saturated rings. The van der Waals surface area contributed by atoms with Gasteiger partial charge in [-0.15, -0.1) is 0 Å². The Morgan fingerprint density at radius 2 is 1.35 bits per heavy atom. The first kappa shape index (κ1) is 24.8. The summed E-state index contributed by atoms with van der Waals surface area (Å²) in [6.07, 6.45) is 0.599. The van der Waals surface area contributed by atoms with E-state index in [9.17, 15) is 9.59 Å². The van der Waals surface area contributed by atoms with E-state index in [2.05, 4.69) is 5.32 Å². The molecule has 0 aliphatic heterocycles. The summed E-state index contributed by atoms with van der Waals surface area (Å²) in [4.78, 5) is 24.2. The zero-order valence-corrected chi connectivity index (χ0v) is 19.7. The topological polar surface area (TPSA) is 90.7 Å². The second kappa shape index (κ2) is 12.4. The number of carbonyl (C=O) groups excluding carboxylic acids is 2. The Morgan fingerprint density at radius 1 is 0.794 bits per heavy atom. The van der Waals surface area contributed by atoms with Crippen LogP contribution in [0.5, 0.6) is 11.5 Å². The van der Waals surface area contributed by atoms with Crippen molar-refractivity contribution >= 4 is 11.8 Å². The average Bonchev–Trinajstić information content (AvgIpc) is 2.82. The number of nitrogens with two attached hydrogens (primary N) is 1. The molecule has 3 aromatic rings. The fourth-order valence-electron chi connectivity index (χ4n) is 3.46. The highest BCUT2D eigenvalue weighted by Crippen LogP contribution is 2.30. The van der Waals surface area contributed by atoms with E-state index in [0.717, 1.165) is 16.7 Å². The third kappa shape index (κ3) is 7.96. The molecule has 6 heteroatoms. The fourth-order valence-corrected chi connectivity index (χ4v) is 3.46. The second-order valence-corrected chi connectivity index (χ2v) is 8.65. The third-order valence-corrected chi connectivity index (χ3v) is 5.19. The highest BCUT2D eigenvalue weighted by atomic mass is 16.5. The maximum Gasteiger partial charge on any atom is 0.240 e. The molecule has 6 nitrogen and oxygen atoms in total. The molecule has 0 heterocycles. The molecule has 2 amide bonds. The lowest BCUT2D eigenvalue weighted by Crippen LogP contribution is -2.46. The van der Waals surface area contributed by atoms with Crippen molar-refractivity contribution in [1.29, 1.82) is 0 Å². The van der Waals surface area contributed by atoms with E-state index in [1.807, 2.05) is 92.7 Å². The van der Waals surface area contributed by atoms with Crippen LogP contribution < -0.4 is 20.5 Å². The van der Waals surface area contributed by atoms with Gasteiger partial charge in [0.25, 0.3) is 0 Å². The van der Waals surface area contributed by atoms with Crippen molar-refractivity contribution in [2.75, 3.05) is 0 Å². The van der Waals surface area contributed by atoms with Crippen LogP contribution in [0.1, 0.15) is 37.0 Å². The van der Waals surface area contributed by atoms with Gasteiger partial charge in [-0.3, -0.25) is 9.59 Å². The summed E-state index contributed by atoms with van der Waals surface area (Å²) < 4.78 is 12.1. The molecule has 34 heavy (non-hydrogen) atoms. The highest BCUT2D eigenvalue weighted by Gasteiger charge is 2.20. The summed E-state index contributed by atoms with van der Waals surface area (Å²) in [5, 5.41) is 2.75. The lowest BCUT2D eigenvalue weighted by atomic mass is 10.0. The molecule has 178 valence electrons. The predicted octanol–water partition coefficient (Wildman–Crippen LogP) is 4.40. The molecule has 3 N–H and O–H groups in total. The number of primary amides is 1. The van der Waals surface area contributed by atoms with Gasteiger partial charge in [0.05, 0.1) is 0 Å². The van der Waals surface area contributed by atoms with Gasteiger partial charge in [-0.25, -0.2) is 0 Å². The summed E-state index contributed by atoms with van der Waals surface area (Å²) in [6, 6.07) is 24.5. The Bertz CT molecular complexity index is 1070. The quantitative estimate of drug-likeness (QED) is 0.419. The molecule has 0 radical (unpaired) electrons. The van der Waals surface area contributed by atoms with Crippen molar-refractivity contribution in [2.45, 2.75) is 45.9 Å². The number of benzene rings is 3. The van der Waals surface area contributed by atoms with Gasteiger partial charge in [0, 0.05) is 12.8 Å². The zero-order valence-electron chi connectivity index (χ0n) is 19.7. The first-order valence-electron chi connectivity index (χ1n) is 11.5. The van der Waals surface area contributed by atoms with Gasteiger partial charge in [0.2, 0.25) is 11.8 Å². The van der Waals surface area contributed by atoms with Crippen molar-refractivity contribution in [1.82, 2.24) is 5.32 Å². The fraction of sp³-hybridized carbons (Fsp3) is 0.286. The van der Waals surface area contributed by atoms with Crippen LogP contribution >= 0.6 is 0 Å². The molecule has 0 aliphatic rings. The molecular formula is C28H32N2O4. The van der Waals surface area contributed by atoms with E-state index in [0.29, 0.717) is 31.1 Å². The van der Waals surface area contributed by atoms with E-state index in [4.69, 9.17) is 15.2 Å². The molecule has 3 rings (SSSR count). The van der Waals surface area contributed by atoms with Gasteiger partial charge in [-0.1, -0.05) is 80.6 Å². The Labute approximate surface area is 201 Å². The van der Waals surface area contributed by atoms with E-state index >= 15 is 0 Å². The van der Waals surface area contributed by atoms with Crippen LogP contribution in [-0.2, 0) is 29.2 Å². The maximum atomic E-state index is 12.2. The monoisotopic (exact) mass is 460 g/mol. The molecule has 0 aromatic heterocycles. The van der Waals surface area contributed by atoms with Crippen LogP contribution in [0.2, 0.25) is 0 Å². The molecule has 3 aromatic carbocycles. The third-order valence-electron chi connectivity index (χ3n) is 5.19. The number of rotatable bonds is 12. The molecule has 0 saturated heterocycles. The Morgan fingerprint density at radius 3 is 1.88 bits per heavy atom. The normalized spacial score (nSPS) is 11.6. The van der Waals surface area contributed by atoms with Crippen molar-refractivity contribution in [3.63, 3.8) is 0 Å². The molecule has 0 aliphatic carbocycles. The first-order valence-corrected chi connectivity index (χ1v) is 11.5. The van der Waals surface area contributed by atoms with E-state index in [1.54, 1.807) is 0 Å². The first-order chi connectivity index (χ1) is 16.4. The number of nitrogens with one attached hydrogen (secondary N) is 1. The van der Waals surface area contributed by atoms with Gasteiger partial charge < -0.3 is 20.5 Å². The van der Waals surface area contributed by atoms with Crippen molar-refractivity contribution in [3.8, 4) is 11.5 Å².